The number of likely N-dealkylation sites (N-methyl/N-ethyl adjacent to an activating group) is 1. The van der Waals surface area contributed by atoms with E-state index in [1.807, 2.05) is 24.3 Å². The molecule has 0 aromatic heterocycles. The summed E-state index contributed by atoms with van der Waals surface area (Å²) < 4.78 is 0. The zero-order chi connectivity index (χ0) is 9.52. The molecule has 1 rings (SSSR count). The molecule has 0 fully saturated rings. The maximum atomic E-state index is 5.83. The van der Waals surface area contributed by atoms with Gasteiger partial charge in [0.25, 0.3) is 0 Å². The van der Waals surface area contributed by atoms with Gasteiger partial charge < -0.3 is 10.6 Å². The van der Waals surface area contributed by atoms with Crippen molar-refractivity contribution in [3.05, 3.63) is 29.3 Å². The number of hydrogen-bond acceptors (Lipinski definition) is 2. The minimum atomic E-state index is 0.772. The van der Waals surface area contributed by atoms with E-state index in [0.29, 0.717) is 0 Å². The van der Waals surface area contributed by atoms with Crippen molar-refractivity contribution in [2.45, 2.75) is 6.92 Å². The molecule has 0 aliphatic heterocycles. The Morgan fingerprint density at radius 2 is 2.15 bits per heavy atom. The van der Waals surface area contributed by atoms with Crippen molar-refractivity contribution >= 4 is 17.3 Å². The second kappa shape index (κ2) is 5.84. The first kappa shape index (κ1) is 10.4. The fourth-order valence-corrected chi connectivity index (χ4v) is 1.26. The van der Waals surface area contributed by atoms with Crippen LogP contribution >= 0.6 is 11.6 Å². The highest BCUT2D eigenvalue weighted by atomic mass is 35.5. The van der Waals surface area contributed by atoms with Gasteiger partial charge in [-0.05, 0) is 24.7 Å². The normalized spacial score (nSPS) is 10.0. The zero-order valence-corrected chi connectivity index (χ0v) is 8.56. The summed E-state index contributed by atoms with van der Waals surface area (Å²) in [5, 5.41) is 7.28. The summed E-state index contributed by atoms with van der Waals surface area (Å²) in [6, 6.07) is 7.75. The van der Waals surface area contributed by atoms with Gasteiger partial charge in [0.05, 0.1) is 0 Å². The van der Waals surface area contributed by atoms with Gasteiger partial charge in [-0.25, -0.2) is 0 Å². The van der Waals surface area contributed by atoms with Crippen LogP contribution in [0.2, 0.25) is 5.02 Å². The van der Waals surface area contributed by atoms with Gasteiger partial charge in [-0.2, -0.15) is 0 Å². The van der Waals surface area contributed by atoms with Crippen molar-refractivity contribution in [2.75, 3.05) is 25.0 Å². The highest BCUT2D eigenvalue weighted by molar-refractivity contribution is 6.30. The molecule has 72 valence electrons. The molecule has 1 aromatic carbocycles. The minimum absolute atomic E-state index is 0.772. The monoisotopic (exact) mass is 198 g/mol. The van der Waals surface area contributed by atoms with Crippen molar-refractivity contribution in [3.63, 3.8) is 0 Å². The molecule has 0 heterocycles. The summed E-state index contributed by atoms with van der Waals surface area (Å²) >= 11 is 5.83. The third kappa shape index (κ3) is 4.15. The second-order valence-electron chi connectivity index (χ2n) is 2.79. The molecule has 2 N–H and O–H groups in total. The Balaban J connectivity index is 2.28. The fraction of sp³-hybridized carbons (Fsp3) is 0.400. The highest BCUT2D eigenvalue weighted by Gasteiger charge is 1.91. The maximum Gasteiger partial charge on any atom is 0.0426 e. The van der Waals surface area contributed by atoms with E-state index >= 15 is 0 Å². The predicted octanol–water partition coefficient (Wildman–Crippen LogP) is 2.36. The van der Waals surface area contributed by atoms with Gasteiger partial charge in [-0.3, -0.25) is 0 Å². The average Bonchev–Trinajstić information content (AvgIpc) is 2.13. The molecule has 0 saturated heterocycles. The molecule has 0 unspecified atom stereocenters. The Morgan fingerprint density at radius 3 is 2.85 bits per heavy atom. The van der Waals surface area contributed by atoms with E-state index in [0.717, 1.165) is 30.3 Å². The van der Waals surface area contributed by atoms with Crippen LogP contribution in [-0.2, 0) is 0 Å². The summed E-state index contributed by atoms with van der Waals surface area (Å²) in [6.45, 7) is 5.01. The van der Waals surface area contributed by atoms with Gasteiger partial charge in [-0.15, -0.1) is 0 Å². The van der Waals surface area contributed by atoms with Crippen LogP contribution in [0.15, 0.2) is 24.3 Å². The first-order valence-electron chi connectivity index (χ1n) is 4.53. The average molecular weight is 199 g/mol. The SMILES string of the molecule is CCNCCNc1cccc(Cl)c1. The lowest BCUT2D eigenvalue weighted by molar-refractivity contribution is 0.739. The lowest BCUT2D eigenvalue weighted by Gasteiger charge is -2.06. The van der Waals surface area contributed by atoms with Crippen molar-refractivity contribution in [1.29, 1.82) is 0 Å². The van der Waals surface area contributed by atoms with Crippen LogP contribution in [0.25, 0.3) is 0 Å². The maximum absolute atomic E-state index is 5.83. The van der Waals surface area contributed by atoms with Crippen molar-refractivity contribution in [3.8, 4) is 0 Å². The molecule has 0 bridgehead atoms. The van der Waals surface area contributed by atoms with Crippen LogP contribution < -0.4 is 10.6 Å². The lowest BCUT2D eigenvalue weighted by Crippen LogP contribution is -2.21. The third-order valence-corrected chi connectivity index (χ3v) is 1.94. The first-order valence-corrected chi connectivity index (χ1v) is 4.91. The molecule has 0 aliphatic carbocycles. The summed E-state index contributed by atoms with van der Waals surface area (Å²) in [4.78, 5) is 0. The van der Waals surface area contributed by atoms with E-state index in [1.165, 1.54) is 0 Å². The number of halogens is 1. The van der Waals surface area contributed by atoms with E-state index in [1.54, 1.807) is 0 Å². The second-order valence-corrected chi connectivity index (χ2v) is 3.23. The standard InChI is InChI=1S/C10H15ClN2/c1-2-12-6-7-13-10-5-3-4-9(11)8-10/h3-5,8,12-13H,2,6-7H2,1H3. The summed E-state index contributed by atoms with van der Waals surface area (Å²) in [7, 11) is 0. The van der Waals surface area contributed by atoms with E-state index in [-0.39, 0.29) is 0 Å². The topological polar surface area (TPSA) is 24.1 Å². The molecule has 0 radical (unpaired) electrons. The Morgan fingerprint density at radius 1 is 1.31 bits per heavy atom. The van der Waals surface area contributed by atoms with Crippen LogP contribution in [0.4, 0.5) is 5.69 Å². The molecule has 3 heteroatoms. The van der Waals surface area contributed by atoms with E-state index in [4.69, 9.17) is 11.6 Å². The fourth-order valence-electron chi connectivity index (χ4n) is 1.07. The van der Waals surface area contributed by atoms with Crippen LogP contribution in [0.1, 0.15) is 6.92 Å². The smallest absolute Gasteiger partial charge is 0.0426 e. The van der Waals surface area contributed by atoms with Gasteiger partial charge in [0.1, 0.15) is 0 Å². The van der Waals surface area contributed by atoms with Crippen LogP contribution in [-0.4, -0.2) is 19.6 Å². The molecule has 0 spiro atoms. The largest absolute Gasteiger partial charge is 0.384 e. The zero-order valence-electron chi connectivity index (χ0n) is 7.81. The Labute approximate surface area is 84.3 Å². The Kier molecular flexibility index (Phi) is 4.65. The van der Waals surface area contributed by atoms with E-state index in [2.05, 4.69) is 17.6 Å². The number of benzene rings is 1. The number of rotatable bonds is 5. The Hall–Kier alpha value is -0.730. The first-order chi connectivity index (χ1) is 6.33. The molecular weight excluding hydrogens is 184 g/mol. The van der Waals surface area contributed by atoms with E-state index < -0.39 is 0 Å². The van der Waals surface area contributed by atoms with E-state index in [9.17, 15) is 0 Å². The lowest BCUT2D eigenvalue weighted by atomic mass is 10.3. The molecule has 0 aliphatic rings. The number of anilines is 1. The minimum Gasteiger partial charge on any atom is -0.384 e. The third-order valence-electron chi connectivity index (χ3n) is 1.71. The highest BCUT2D eigenvalue weighted by Crippen LogP contribution is 2.14. The van der Waals surface area contributed by atoms with Gasteiger partial charge in [0, 0.05) is 23.8 Å². The summed E-state index contributed by atoms with van der Waals surface area (Å²) in [6.07, 6.45) is 0. The molecule has 13 heavy (non-hydrogen) atoms. The molecule has 0 amide bonds. The predicted molar refractivity (Wildman–Crippen MR) is 58.5 cm³/mol. The number of hydrogen-bond donors (Lipinski definition) is 2. The number of nitrogens with one attached hydrogen (secondary N) is 2. The van der Waals surface area contributed by atoms with Crippen LogP contribution in [0.3, 0.4) is 0 Å². The van der Waals surface area contributed by atoms with Crippen LogP contribution in [0.5, 0.6) is 0 Å². The quantitative estimate of drug-likeness (QED) is 0.710. The Bertz CT molecular complexity index is 250. The molecule has 0 saturated carbocycles. The van der Waals surface area contributed by atoms with Crippen molar-refractivity contribution in [2.24, 2.45) is 0 Å². The molecule has 0 atom stereocenters. The van der Waals surface area contributed by atoms with Gasteiger partial charge in [0.15, 0.2) is 0 Å². The van der Waals surface area contributed by atoms with Gasteiger partial charge in [-0.1, -0.05) is 24.6 Å². The van der Waals surface area contributed by atoms with Crippen molar-refractivity contribution in [1.82, 2.24) is 5.32 Å². The molecular formula is C10H15ClN2. The molecule has 1 aromatic rings. The van der Waals surface area contributed by atoms with Gasteiger partial charge in [0.2, 0.25) is 0 Å². The summed E-state index contributed by atoms with van der Waals surface area (Å²) in [5.41, 5.74) is 1.07. The van der Waals surface area contributed by atoms with Crippen molar-refractivity contribution < 1.29 is 0 Å². The summed E-state index contributed by atoms with van der Waals surface area (Å²) in [5.74, 6) is 0. The van der Waals surface area contributed by atoms with Gasteiger partial charge >= 0.3 is 0 Å². The van der Waals surface area contributed by atoms with Crippen LogP contribution in [0, 0.1) is 0 Å². The molecule has 2 nitrogen and oxygen atoms in total.